The summed E-state index contributed by atoms with van der Waals surface area (Å²) in [4.78, 5) is 23.7. The third-order valence-corrected chi connectivity index (χ3v) is 6.41. The number of carbonyl (C=O) groups is 2. The molecular formula is C28H39NO6. The van der Waals surface area contributed by atoms with Crippen molar-refractivity contribution in [2.75, 3.05) is 6.54 Å². The lowest BCUT2D eigenvalue weighted by atomic mass is 9.84. The molecule has 5 atom stereocenters. The van der Waals surface area contributed by atoms with E-state index in [2.05, 4.69) is 19.2 Å². The third kappa shape index (κ3) is 10.1. The van der Waals surface area contributed by atoms with E-state index in [9.17, 15) is 19.8 Å². The van der Waals surface area contributed by atoms with Crippen molar-refractivity contribution in [3.05, 3.63) is 60.2 Å². The van der Waals surface area contributed by atoms with Crippen LogP contribution in [0.25, 0.3) is 0 Å². The largest absolute Gasteiger partial charge is 0.479 e. The van der Waals surface area contributed by atoms with Crippen LogP contribution >= 0.6 is 0 Å². The quantitative estimate of drug-likeness (QED) is 0.286. The van der Waals surface area contributed by atoms with E-state index >= 15 is 0 Å². The van der Waals surface area contributed by atoms with Gasteiger partial charge in [0.05, 0.1) is 6.10 Å². The van der Waals surface area contributed by atoms with E-state index in [0.717, 1.165) is 12.8 Å². The Kier molecular flexibility index (Phi) is 11.7. The second-order valence-corrected chi connectivity index (χ2v) is 9.50. The van der Waals surface area contributed by atoms with Crippen molar-refractivity contribution in [2.45, 2.75) is 65.1 Å². The first-order valence-electron chi connectivity index (χ1n) is 12.4. The molecule has 2 aromatic rings. The molecule has 0 saturated carbocycles. The van der Waals surface area contributed by atoms with Gasteiger partial charge in [0, 0.05) is 18.0 Å². The van der Waals surface area contributed by atoms with Gasteiger partial charge in [0.1, 0.15) is 11.5 Å². The van der Waals surface area contributed by atoms with Crippen LogP contribution in [0.3, 0.4) is 0 Å². The van der Waals surface area contributed by atoms with Gasteiger partial charge in [-0.1, -0.05) is 51.5 Å². The first kappa shape index (κ1) is 28.3. The molecule has 35 heavy (non-hydrogen) atoms. The number of nitrogens with one attached hydrogen (secondary N) is 1. The average Bonchev–Trinajstić information content (AvgIpc) is 2.85. The van der Waals surface area contributed by atoms with Crippen molar-refractivity contribution < 1.29 is 29.6 Å². The molecule has 0 heterocycles. The topological polar surface area (TPSA) is 116 Å². The Morgan fingerprint density at radius 1 is 0.914 bits per heavy atom. The van der Waals surface area contributed by atoms with Gasteiger partial charge in [-0.15, -0.1) is 0 Å². The molecule has 0 bridgehead atoms. The third-order valence-electron chi connectivity index (χ3n) is 6.41. The van der Waals surface area contributed by atoms with Crippen LogP contribution in [0.4, 0.5) is 0 Å². The maximum Gasteiger partial charge on any atom is 0.332 e. The van der Waals surface area contributed by atoms with E-state index < -0.39 is 18.2 Å². The van der Waals surface area contributed by atoms with Gasteiger partial charge in [0.25, 0.3) is 5.91 Å². The second-order valence-electron chi connectivity index (χ2n) is 9.50. The van der Waals surface area contributed by atoms with E-state index in [1.807, 2.05) is 37.3 Å². The minimum Gasteiger partial charge on any atom is -0.479 e. The number of amides is 1. The monoisotopic (exact) mass is 485 g/mol. The zero-order valence-electron chi connectivity index (χ0n) is 20.9. The van der Waals surface area contributed by atoms with Crippen LogP contribution < -0.4 is 10.1 Å². The van der Waals surface area contributed by atoms with Crippen molar-refractivity contribution >= 4 is 11.9 Å². The number of carboxylic acid groups (broad SMARTS) is 1. The van der Waals surface area contributed by atoms with Gasteiger partial charge < -0.3 is 25.4 Å². The van der Waals surface area contributed by atoms with E-state index in [-0.39, 0.29) is 24.2 Å². The Morgan fingerprint density at radius 3 is 2.26 bits per heavy atom. The fraction of sp³-hybridized carbons (Fsp3) is 0.500. The van der Waals surface area contributed by atoms with Gasteiger partial charge in [-0.2, -0.15) is 0 Å². The first-order chi connectivity index (χ1) is 16.7. The van der Waals surface area contributed by atoms with Gasteiger partial charge in [0.2, 0.25) is 0 Å². The van der Waals surface area contributed by atoms with E-state index in [1.165, 1.54) is 0 Å². The Bertz CT molecular complexity index is 919. The highest BCUT2D eigenvalue weighted by Crippen LogP contribution is 2.25. The zero-order valence-corrected chi connectivity index (χ0v) is 20.9. The number of ether oxygens (including phenoxy) is 1. The van der Waals surface area contributed by atoms with Gasteiger partial charge in [-0.05, 0) is 67.9 Å². The van der Waals surface area contributed by atoms with Crippen LogP contribution in [-0.4, -0.2) is 45.9 Å². The summed E-state index contributed by atoms with van der Waals surface area (Å²) in [7, 11) is 0. The molecule has 5 unspecified atom stereocenters. The highest BCUT2D eigenvalue weighted by atomic mass is 16.5. The average molecular weight is 486 g/mol. The highest BCUT2D eigenvalue weighted by Gasteiger charge is 2.25. The van der Waals surface area contributed by atoms with Crippen LogP contribution in [0.2, 0.25) is 0 Å². The standard InChI is InChI=1S/C28H39NO6/c1-4-19(2)15-22(26(31)16-20(3)13-14-25(30)28(33)34)18-29-27(32)21-9-8-12-24(17-21)35-23-10-6-5-7-11-23/h5-12,17,19-20,22,25-26,30-31H,4,13-16,18H2,1-3H3,(H,29,32)(H,33,34). The lowest BCUT2D eigenvalue weighted by molar-refractivity contribution is -0.147. The Morgan fingerprint density at radius 2 is 1.60 bits per heavy atom. The summed E-state index contributed by atoms with van der Waals surface area (Å²) in [5.74, 6) is 0.0868. The van der Waals surface area contributed by atoms with Crippen LogP contribution in [0, 0.1) is 17.8 Å². The molecule has 7 nitrogen and oxygen atoms in total. The molecule has 0 radical (unpaired) electrons. The lowest BCUT2D eigenvalue weighted by Crippen LogP contribution is -2.36. The molecule has 192 valence electrons. The minimum absolute atomic E-state index is 0.0425. The van der Waals surface area contributed by atoms with E-state index in [1.54, 1.807) is 24.3 Å². The molecule has 0 aromatic heterocycles. The molecule has 2 rings (SSSR count). The summed E-state index contributed by atoms with van der Waals surface area (Å²) in [6.07, 6.45) is 0.832. The summed E-state index contributed by atoms with van der Waals surface area (Å²) in [6.45, 7) is 6.49. The van der Waals surface area contributed by atoms with Crippen molar-refractivity contribution in [3.8, 4) is 11.5 Å². The number of carboxylic acids is 1. The number of rotatable bonds is 15. The van der Waals surface area contributed by atoms with Crippen LogP contribution in [-0.2, 0) is 4.79 Å². The summed E-state index contributed by atoms with van der Waals surface area (Å²) >= 11 is 0. The molecule has 1 amide bonds. The van der Waals surface area contributed by atoms with Crippen molar-refractivity contribution in [3.63, 3.8) is 0 Å². The summed E-state index contributed by atoms with van der Waals surface area (Å²) in [6, 6.07) is 16.3. The Labute approximate surface area is 208 Å². The number of hydrogen-bond donors (Lipinski definition) is 4. The molecule has 7 heteroatoms. The molecule has 0 fully saturated rings. The van der Waals surface area contributed by atoms with Crippen molar-refractivity contribution in [1.29, 1.82) is 0 Å². The van der Waals surface area contributed by atoms with Crippen LogP contribution in [0.5, 0.6) is 11.5 Å². The SMILES string of the molecule is CCC(C)CC(CNC(=O)c1cccc(Oc2ccccc2)c1)C(O)CC(C)CCC(O)C(=O)O. The maximum absolute atomic E-state index is 12.9. The Balaban J connectivity index is 1.97. The fourth-order valence-electron chi connectivity index (χ4n) is 4.00. The first-order valence-corrected chi connectivity index (χ1v) is 12.4. The normalized spacial score (nSPS) is 15.5. The van der Waals surface area contributed by atoms with E-state index in [4.69, 9.17) is 9.84 Å². The number of aliphatic hydroxyl groups is 2. The number of carbonyl (C=O) groups excluding carboxylic acids is 1. The van der Waals surface area contributed by atoms with Crippen molar-refractivity contribution in [1.82, 2.24) is 5.32 Å². The molecule has 2 aromatic carbocycles. The minimum atomic E-state index is -1.38. The molecule has 0 spiro atoms. The van der Waals surface area contributed by atoms with Crippen LogP contribution in [0.15, 0.2) is 54.6 Å². The number of benzene rings is 2. The highest BCUT2D eigenvalue weighted by molar-refractivity contribution is 5.94. The zero-order chi connectivity index (χ0) is 25.8. The molecular weight excluding hydrogens is 446 g/mol. The van der Waals surface area contributed by atoms with Gasteiger partial charge in [-0.3, -0.25) is 4.79 Å². The number of hydrogen-bond acceptors (Lipinski definition) is 5. The summed E-state index contributed by atoms with van der Waals surface area (Å²) in [5.41, 5.74) is 0.478. The van der Waals surface area contributed by atoms with Crippen LogP contribution in [0.1, 0.15) is 63.2 Å². The molecule has 0 aliphatic rings. The summed E-state index contributed by atoms with van der Waals surface area (Å²) < 4.78 is 5.82. The summed E-state index contributed by atoms with van der Waals surface area (Å²) in [5, 5.41) is 32.3. The van der Waals surface area contributed by atoms with Gasteiger partial charge >= 0.3 is 5.97 Å². The molecule has 0 saturated heterocycles. The van der Waals surface area contributed by atoms with Gasteiger partial charge in [-0.25, -0.2) is 4.79 Å². The molecule has 0 aliphatic carbocycles. The fourth-order valence-corrected chi connectivity index (χ4v) is 4.00. The lowest BCUT2D eigenvalue weighted by Gasteiger charge is -2.28. The Hall–Kier alpha value is -2.90. The smallest absolute Gasteiger partial charge is 0.332 e. The van der Waals surface area contributed by atoms with Gasteiger partial charge in [0.15, 0.2) is 6.10 Å². The molecule has 4 N–H and O–H groups in total. The second kappa shape index (κ2) is 14.5. The molecule has 0 aliphatic heterocycles. The maximum atomic E-state index is 12.9. The number of para-hydroxylation sites is 1. The van der Waals surface area contributed by atoms with E-state index in [0.29, 0.717) is 42.4 Å². The van der Waals surface area contributed by atoms with Crippen molar-refractivity contribution in [2.24, 2.45) is 17.8 Å². The number of aliphatic hydroxyl groups excluding tert-OH is 2. The number of aliphatic carboxylic acids is 1. The predicted molar refractivity (Wildman–Crippen MR) is 136 cm³/mol. The predicted octanol–water partition coefficient (Wildman–Crippen LogP) is 4.87.